The van der Waals surface area contributed by atoms with E-state index in [1.807, 2.05) is 0 Å². The van der Waals surface area contributed by atoms with Gasteiger partial charge in [-0.3, -0.25) is 4.98 Å². The van der Waals surface area contributed by atoms with Crippen LogP contribution < -0.4 is 0 Å². The minimum atomic E-state index is -4.31. The first-order valence-electron chi connectivity index (χ1n) is 6.14. The van der Waals surface area contributed by atoms with Crippen LogP contribution in [0.4, 0.5) is 13.2 Å². The molecule has 0 unspecified atom stereocenters. The summed E-state index contributed by atoms with van der Waals surface area (Å²) in [6.07, 6.45) is 2.02. The summed E-state index contributed by atoms with van der Waals surface area (Å²) in [6, 6.07) is 1.23. The molecule has 0 radical (unpaired) electrons. The van der Waals surface area contributed by atoms with Crippen LogP contribution in [0.2, 0.25) is 0 Å². The minimum absolute atomic E-state index is 0.0280. The van der Waals surface area contributed by atoms with Gasteiger partial charge in [-0.25, -0.2) is 0 Å². The summed E-state index contributed by atoms with van der Waals surface area (Å²) in [5.41, 5.74) is 0.264. The molecule has 1 heterocycles. The van der Waals surface area contributed by atoms with Crippen LogP contribution in [-0.4, -0.2) is 4.98 Å². The van der Waals surface area contributed by atoms with Gasteiger partial charge in [0.25, 0.3) is 0 Å². The fourth-order valence-electron chi connectivity index (χ4n) is 2.52. The van der Waals surface area contributed by atoms with Crippen LogP contribution in [0.3, 0.4) is 0 Å². The zero-order chi connectivity index (χ0) is 13.2. The van der Waals surface area contributed by atoms with Crippen LogP contribution in [-0.2, 0) is 11.5 Å². The summed E-state index contributed by atoms with van der Waals surface area (Å²) in [6.45, 7) is 0. The monoisotopic (exact) mass is 321 g/mol. The second-order valence-electron chi connectivity index (χ2n) is 4.74. The lowest BCUT2D eigenvalue weighted by atomic mass is 9.84. The lowest BCUT2D eigenvalue weighted by Crippen LogP contribution is -2.16. The maximum Gasteiger partial charge on any atom is 0.418 e. The Morgan fingerprint density at radius 2 is 1.89 bits per heavy atom. The van der Waals surface area contributed by atoms with Gasteiger partial charge in [-0.2, -0.15) is 13.2 Å². The lowest BCUT2D eigenvalue weighted by molar-refractivity contribution is -0.138. The van der Waals surface area contributed by atoms with E-state index < -0.39 is 11.7 Å². The number of aromatic nitrogens is 1. The molecule has 0 spiro atoms. The van der Waals surface area contributed by atoms with Crippen molar-refractivity contribution in [1.82, 2.24) is 4.98 Å². The van der Waals surface area contributed by atoms with Crippen LogP contribution >= 0.6 is 15.9 Å². The number of hydrogen-bond acceptors (Lipinski definition) is 1. The van der Waals surface area contributed by atoms with Gasteiger partial charge >= 0.3 is 6.18 Å². The van der Waals surface area contributed by atoms with Crippen molar-refractivity contribution in [2.75, 3.05) is 0 Å². The van der Waals surface area contributed by atoms with E-state index in [-0.39, 0.29) is 11.6 Å². The van der Waals surface area contributed by atoms with Gasteiger partial charge in [0.1, 0.15) is 0 Å². The molecular weight excluding hydrogens is 307 g/mol. The molecule has 0 N–H and O–H groups in total. The topological polar surface area (TPSA) is 12.9 Å². The molecule has 1 aromatic heterocycles. The fraction of sp³-hybridized carbons (Fsp3) is 0.615. The summed E-state index contributed by atoms with van der Waals surface area (Å²) >= 11 is 3.17. The third kappa shape index (κ3) is 3.05. The smallest absolute Gasteiger partial charge is 0.260 e. The van der Waals surface area contributed by atoms with Crippen LogP contribution in [0.25, 0.3) is 0 Å². The minimum Gasteiger partial charge on any atom is -0.260 e. The third-order valence-electron chi connectivity index (χ3n) is 3.43. The molecule has 100 valence electrons. The van der Waals surface area contributed by atoms with E-state index in [1.54, 1.807) is 6.20 Å². The Morgan fingerprint density at radius 1 is 1.22 bits per heavy atom. The molecule has 1 aromatic rings. The fourth-order valence-corrected chi connectivity index (χ4v) is 2.83. The van der Waals surface area contributed by atoms with Crippen LogP contribution in [0.5, 0.6) is 0 Å². The summed E-state index contributed by atoms with van der Waals surface area (Å²) < 4.78 is 39.2. The molecule has 18 heavy (non-hydrogen) atoms. The molecule has 2 rings (SSSR count). The molecule has 0 bridgehead atoms. The molecule has 0 aliphatic heterocycles. The quantitative estimate of drug-likeness (QED) is 0.695. The second kappa shape index (κ2) is 5.59. The first kappa shape index (κ1) is 13.8. The van der Waals surface area contributed by atoms with Crippen molar-refractivity contribution in [3.05, 3.63) is 29.1 Å². The predicted molar refractivity (Wildman–Crippen MR) is 67.7 cm³/mol. The number of alkyl halides is 4. The highest BCUT2D eigenvalue weighted by molar-refractivity contribution is 9.08. The molecule has 0 atom stereocenters. The van der Waals surface area contributed by atoms with E-state index in [2.05, 4.69) is 20.9 Å². The van der Waals surface area contributed by atoms with Crippen molar-refractivity contribution < 1.29 is 13.2 Å². The highest BCUT2D eigenvalue weighted by Gasteiger charge is 2.36. The number of halogens is 4. The van der Waals surface area contributed by atoms with Gasteiger partial charge in [0.2, 0.25) is 0 Å². The van der Waals surface area contributed by atoms with Gasteiger partial charge < -0.3 is 0 Å². The van der Waals surface area contributed by atoms with Crippen LogP contribution in [0, 0.1) is 0 Å². The Labute approximate surface area is 113 Å². The Bertz CT molecular complexity index is 411. The summed E-state index contributed by atoms with van der Waals surface area (Å²) in [5, 5.41) is 0.397. The van der Waals surface area contributed by atoms with E-state index >= 15 is 0 Å². The first-order valence-corrected chi connectivity index (χ1v) is 7.26. The standard InChI is InChI=1S/C13H15BrF3N/c14-7-9-6-11(13(15,16)17)12(18-8-9)10-4-2-1-3-5-10/h6,8,10H,1-5,7H2. The lowest BCUT2D eigenvalue weighted by Gasteiger charge is -2.24. The van der Waals surface area contributed by atoms with Gasteiger partial charge in [-0.15, -0.1) is 0 Å². The Hall–Kier alpha value is -0.580. The van der Waals surface area contributed by atoms with E-state index in [1.165, 1.54) is 6.07 Å². The Morgan fingerprint density at radius 3 is 2.44 bits per heavy atom. The summed E-state index contributed by atoms with van der Waals surface area (Å²) in [4.78, 5) is 4.09. The summed E-state index contributed by atoms with van der Waals surface area (Å²) in [5.74, 6) is -0.0280. The molecular formula is C13H15BrF3N. The van der Waals surface area contributed by atoms with Gasteiger partial charge in [0.15, 0.2) is 0 Å². The molecule has 0 aromatic carbocycles. The second-order valence-corrected chi connectivity index (χ2v) is 5.30. The molecule has 1 fully saturated rings. The maximum atomic E-state index is 13.1. The molecule has 1 nitrogen and oxygen atoms in total. The third-order valence-corrected chi connectivity index (χ3v) is 4.07. The largest absolute Gasteiger partial charge is 0.418 e. The number of rotatable bonds is 2. The normalized spacial score (nSPS) is 18.0. The molecule has 5 heteroatoms. The molecule has 1 saturated carbocycles. The van der Waals surface area contributed by atoms with Gasteiger partial charge in [-0.05, 0) is 24.5 Å². The van der Waals surface area contributed by atoms with Crippen molar-refractivity contribution in [1.29, 1.82) is 0 Å². The zero-order valence-electron chi connectivity index (χ0n) is 9.93. The SMILES string of the molecule is FC(F)(F)c1cc(CBr)cnc1C1CCCCC1. The molecule has 0 saturated heterocycles. The van der Waals surface area contributed by atoms with Crippen molar-refractivity contribution in [2.24, 2.45) is 0 Å². The number of nitrogens with zero attached hydrogens (tertiary/aromatic N) is 1. The van der Waals surface area contributed by atoms with Gasteiger partial charge in [-0.1, -0.05) is 35.2 Å². The van der Waals surface area contributed by atoms with Gasteiger partial charge in [0, 0.05) is 17.4 Å². The molecule has 0 amide bonds. The number of pyridine rings is 1. The average Bonchev–Trinajstić information content (AvgIpc) is 2.38. The van der Waals surface area contributed by atoms with E-state index in [4.69, 9.17) is 0 Å². The maximum absolute atomic E-state index is 13.1. The van der Waals surface area contributed by atoms with Crippen LogP contribution in [0.1, 0.15) is 54.8 Å². The van der Waals surface area contributed by atoms with E-state index in [9.17, 15) is 13.2 Å². The molecule has 1 aliphatic rings. The van der Waals surface area contributed by atoms with Crippen molar-refractivity contribution in [2.45, 2.75) is 49.5 Å². The zero-order valence-corrected chi connectivity index (χ0v) is 11.5. The van der Waals surface area contributed by atoms with Crippen molar-refractivity contribution >= 4 is 15.9 Å². The van der Waals surface area contributed by atoms with Crippen molar-refractivity contribution in [3.8, 4) is 0 Å². The Kier molecular flexibility index (Phi) is 4.30. The first-order chi connectivity index (χ1) is 8.52. The van der Waals surface area contributed by atoms with E-state index in [0.717, 1.165) is 32.1 Å². The van der Waals surface area contributed by atoms with Crippen molar-refractivity contribution in [3.63, 3.8) is 0 Å². The Balaban J connectivity index is 2.38. The predicted octanol–water partition coefficient (Wildman–Crippen LogP) is 5.04. The van der Waals surface area contributed by atoms with E-state index in [0.29, 0.717) is 10.9 Å². The highest BCUT2D eigenvalue weighted by atomic mass is 79.9. The van der Waals surface area contributed by atoms with Crippen LogP contribution in [0.15, 0.2) is 12.3 Å². The highest BCUT2D eigenvalue weighted by Crippen LogP contribution is 2.39. The average molecular weight is 322 g/mol. The number of hydrogen-bond donors (Lipinski definition) is 0. The molecule has 1 aliphatic carbocycles. The van der Waals surface area contributed by atoms with Gasteiger partial charge in [0.05, 0.1) is 11.3 Å². The summed E-state index contributed by atoms with van der Waals surface area (Å²) in [7, 11) is 0.